The quantitative estimate of drug-likeness (QED) is 0.823. The maximum absolute atomic E-state index is 12.2. The summed E-state index contributed by atoms with van der Waals surface area (Å²) in [6.45, 7) is 1.94. The molecule has 2 rings (SSSR count). The van der Waals surface area contributed by atoms with E-state index in [0.29, 0.717) is 6.42 Å². The molecule has 0 aliphatic heterocycles. The molecule has 1 aliphatic rings. The molecule has 98 valence electrons. The van der Waals surface area contributed by atoms with Gasteiger partial charge in [0.2, 0.25) is 0 Å². The zero-order chi connectivity index (χ0) is 13.3. The number of hydrogen-bond acceptors (Lipinski definition) is 1. The van der Waals surface area contributed by atoms with Gasteiger partial charge in [0, 0.05) is 0 Å². The number of aryl methyl sites for hydroxylation is 2. The maximum atomic E-state index is 12.2. The summed E-state index contributed by atoms with van der Waals surface area (Å²) in [7, 11) is 0. The number of benzene rings is 1. The third-order valence-corrected chi connectivity index (χ3v) is 3.18. The minimum absolute atomic E-state index is 0.525. The van der Waals surface area contributed by atoms with Gasteiger partial charge < -0.3 is 5.32 Å². The number of carbonyl (C=O) groups excluding carboxylic acids is 1. The molecule has 0 fully saturated rings. The lowest BCUT2D eigenvalue weighted by Crippen LogP contribution is -2.40. The largest absolute Gasteiger partial charge is 0.471 e. The third kappa shape index (κ3) is 2.66. The average Bonchev–Trinajstić information content (AvgIpc) is 2.27. The van der Waals surface area contributed by atoms with E-state index in [4.69, 9.17) is 0 Å². The molecule has 0 aromatic heterocycles. The van der Waals surface area contributed by atoms with E-state index in [1.54, 1.807) is 0 Å². The molecular weight excluding hydrogens is 243 g/mol. The SMILES string of the molecule is Cc1ccc2c(c1)CCCC2NC(=O)C(F)(F)F. The van der Waals surface area contributed by atoms with Crippen LogP contribution in [0.4, 0.5) is 13.2 Å². The second kappa shape index (κ2) is 4.63. The van der Waals surface area contributed by atoms with Crippen LogP contribution in [0.1, 0.15) is 35.6 Å². The lowest BCUT2D eigenvalue weighted by Gasteiger charge is -2.27. The van der Waals surface area contributed by atoms with Crippen molar-refractivity contribution < 1.29 is 18.0 Å². The van der Waals surface area contributed by atoms with E-state index >= 15 is 0 Å². The minimum atomic E-state index is -4.82. The molecule has 0 spiro atoms. The van der Waals surface area contributed by atoms with Crippen LogP contribution >= 0.6 is 0 Å². The lowest BCUT2D eigenvalue weighted by molar-refractivity contribution is -0.174. The van der Waals surface area contributed by atoms with E-state index < -0.39 is 18.1 Å². The number of carbonyl (C=O) groups is 1. The van der Waals surface area contributed by atoms with Gasteiger partial charge in [0.25, 0.3) is 0 Å². The summed E-state index contributed by atoms with van der Waals surface area (Å²) in [6, 6.07) is 5.12. The minimum Gasteiger partial charge on any atom is -0.341 e. The van der Waals surface area contributed by atoms with Crippen LogP contribution in [0.3, 0.4) is 0 Å². The molecule has 1 unspecified atom stereocenters. The highest BCUT2D eigenvalue weighted by molar-refractivity contribution is 5.82. The molecule has 0 radical (unpaired) electrons. The first kappa shape index (κ1) is 12.9. The van der Waals surface area contributed by atoms with E-state index in [0.717, 1.165) is 29.5 Å². The van der Waals surface area contributed by atoms with Crippen LogP contribution in [-0.4, -0.2) is 12.1 Å². The van der Waals surface area contributed by atoms with Crippen LogP contribution < -0.4 is 5.32 Å². The first-order valence-electron chi connectivity index (χ1n) is 5.85. The van der Waals surface area contributed by atoms with Gasteiger partial charge >= 0.3 is 12.1 Å². The van der Waals surface area contributed by atoms with Gasteiger partial charge in [-0.25, -0.2) is 0 Å². The molecule has 1 amide bonds. The van der Waals surface area contributed by atoms with Crippen LogP contribution in [0.2, 0.25) is 0 Å². The molecule has 0 heterocycles. The molecule has 0 saturated carbocycles. The highest BCUT2D eigenvalue weighted by Gasteiger charge is 2.40. The summed E-state index contributed by atoms with van der Waals surface area (Å²) in [5, 5.41) is 2.07. The molecule has 1 aliphatic carbocycles. The zero-order valence-corrected chi connectivity index (χ0v) is 9.97. The number of halogens is 3. The monoisotopic (exact) mass is 257 g/mol. The Hall–Kier alpha value is -1.52. The van der Waals surface area contributed by atoms with E-state index in [1.807, 2.05) is 25.1 Å². The Kier molecular flexibility index (Phi) is 3.32. The number of nitrogens with one attached hydrogen (secondary N) is 1. The predicted octanol–water partition coefficient (Wildman–Crippen LogP) is 3.05. The van der Waals surface area contributed by atoms with Gasteiger partial charge in [-0.3, -0.25) is 4.79 Å². The first-order chi connectivity index (χ1) is 8.38. The molecule has 2 nitrogen and oxygen atoms in total. The van der Waals surface area contributed by atoms with Gasteiger partial charge in [-0.2, -0.15) is 13.2 Å². The number of rotatable bonds is 1. The van der Waals surface area contributed by atoms with E-state index in [2.05, 4.69) is 5.32 Å². The summed E-state index contributed by atoms with van der Waals surface area (Å²) in [5.41, 5.74) is 2.93. The summed E-state index contributed by atoms with van der Waals surface area (Å²) in [6.07, 6.45) is -2.62. The molecule has 0 bridgehead atoms. The highest BCUT2D eigenvalue weighted by Crippen LogP contribution is 2.31. The normalized spacial score (nSPS) is 19.2. The summed E-state index contributed by atoms with van der Waals surface area (Å²) >= 11 is 0. The fourth-order valence-corrected chi connectivity index (χ4v) is 2.33. The van der Waals surface area contributed by atoms with E-state index in [-0.39, 0.29) is 0 Å². The molecule has 1 aromatic rings. The second-order valence-corrected chi connectivity index (χ2v) is 4.62. The fourth-order valence-electron chi connectivity index (χ4n) is 2.33. The van der Waals surface area contributed by atoms with E-state index in [1.165, 1.54) is 0 Å². The van der Waals surface area contributed by atoms with Crippen molar-refractivity contribution in [2.75, 3.05) is 0 Å². The van der Waals surface area contributed by atoms with Crippen molar-refractivity contribution >= 4 is 5.91 Å². The Balaban J connectivity index is 2.21. The van der Waals surface area contributed by atoms with Gasteiger partial charge in [-0.1, -0.05) is 23.8 Å². The van der Waals surface area contributed by atoms with Crippen LogP contribution in [-0.2, 0) is 11.2 Å². The van der Waals surface area contributed by atoms with Gasteiger partial charge in [0.15, 0.2) is 0 Å². The third-order valence-electron chi connectivity index (χ3n) is 3.18. The van der Waals surface area contributed by atoms with Crippen molar-refractivity contribution in [3.05, 3.63) is 34.9 Å². The van der Waals surface area contributed by atoms with Crippen molar-refractivity contribution in [3.63, 3.8) is 0 Å². The van der Waals surface area contributed by atoms with Crippen LogP contribution in [0.25, 0.3) is 0 Å². The molecule has 0 saturated heterocycles. The van der Waals surface area contributed by atoms with Crippen LogP contribution in [0, 0.1) is 6.92 Å². The maximum Gasteiger partial charge on any atom is 0.471 e. The molecule has 1 atom stereocenters. The van der Waals surface area contributed by atoms with Crippen LogP contribution in [0.5, 0.6) is 0 Å². The second-order valence-electron chi connectivity index (χ2n) is 4.62. The Morgan fingerprint density at radius 3 is 2.78 bits per heavy atom. The fraction of sp³-hybridized carbons (Fsp3) is 0.462. The number of alkyl halides is 3. The predicted molar refractivity (Wildman–Crippen MR) is 61.1 cm³/mol. The van der Waals surface area contributed by atoms with Gasteiger partial charge in [0.1, 0.15) is 0 Å². The topological polar surface area (TPSA) is 29.1 Å². The average molecular weight is 257 g/mol. The van der Waals surface area contributed by atoms with Gasteiger partial charge in [0.05, 0.1) is 6.04 Å². The summed E-state index contributed by atoms with van der Waals surface area (Å²) < 4.78 is 36.7. The summed E-state index contributed by atoms with van der Waals surface area (Å²) in [4.78, 5) is 11.0. The molecular formula is C13H14F3NO. The number of fused-ring (bicyclic) bond motifs is 1. The van der Waals surface area contributed by atoms with Crippen molar-refractivity contribution in [3.8, 4) is 0 Å². The smallest absolute Gasteiger partial charge is 0.341 e. The number of amides is 1. The van der Waals surface area contributed by atoms with Crippen molar-refractivity contribution in [1.82, 2.24) is 5.32 Å². The Morgan fingerprint density at radius 2 is 2.11 bits per heavy atom. The standard InChI is InChI=1S/C13H14F3NO/c1-8-5-6-10-9(7-8)3-2-4-11(10)17-12(18)13(14,15)16/h5-7,11H,2-4H2,1H3,(H,17,18). The Morgan fingerprint density at radius 1 is 1.39 bits per heavy atom. The summed E-state index contributed by atoms with van der Waals surface area (Å²) in [5.74, 6) is -1.86. The molecule has 18 heavy (non-hydrogen) atoms. The van der Waals surface area contributed by atoms with Crippen molar-refractivity contribution in [2.24, 2.45) is 0 Å². The lowest BCUT2D eigenvalue weighted by atomic mass is 9.86. The molecule has 1 N–H and O–H groups in total. The number of hydrogen-bond donors (Lipinski definition) is 1. The first-order valence-corrected chi connectivity index (χ1v) is 5.85. The van der Waals surface area contributed by atoms with E-state index in [9.17, 15) is 18.0 Å². The zero-order valence-electron chi connectivity index (χ0n) is 9.97. The van der Waals surface area contributed by atoms with Gasteiger partial charge in [-0.15, -0.1) is 0 Å². The Bertz CT molecular complexity index is 468. The van der Waals surface area contributed by atoms with Gasteiger partial charge in [-0.05, 0) is 37.3 Å². The molecule has 5 heteroatoms. The molecule has 1 aromatic carbocycles. The van der Waals surface area contributed by atoms with Crippen LogP contribution in [0.15, 0.2) is 18.2 Å². The van der Waals surface area contributed by atoms with Crippen molar-refractivity contribution in [2.45, 2.75) is 38.4 Å². The highest BCUT2D eigenvalue weighted by atomic mass is 19.4. The Labute approximate surface area is 103 Å². The van der Waals surface area contributed by atoms with Crippen molar-refractivity contribution in [1.29, 1.82) is 0 Å².